The van der Waals surface area contributed by atoms with Gasteiger partial charge in [0.05, 0.1) is 0 Å². The van der Waals surface area contributed by atoms with E-state index in [2.05, 4.69) is 0 Å². The summed E-state index contributed by atoms with van der Waals surface area (Å²) < 4.78 is 8.19. The van der Waals surface area contributed by atoms with E-state index in [4.69, 9.17) is 3.67 Å². The summed E-state index contributed by atoms with van der Waals surface area (Å²) in [6, 6.07) is 0. The summed E-state index contributed by atoms with van der Waals surface area (Å²) in [5.41, 5.74) is 0. The monoisotopic (exact) mass is 139 g/mol. The molecule has 0 aliphatic carbocycles. The Morgan fingerprint density at radius 1 is 1.00 bits per heavy atom. The number of hydrogen-bond acceptors (Lipinski definition) is 1. The molecule has 0 saturated heterocycles. The van der Waals surface area contributed by atoms with Gasteiger partial charge in [-0.3, -0.25) is 0 Å². The molecular formula is H2Cl2OV. The van der Waals surface area contributed by atoms with E-state index >= 15 is 0 Å². The fourth-order valence-corrected chi connectivity index (χ4v) is 0. The Bertz CT molecular complexity index is 6.00. The van der Waals surface area contributed by atoms with Crippen LogP contribution in [-0.4, -0.2) is 0 Å². The predicted octanol–water partition coefficient (Wildman–Crippen LogP) is 0.722. The predicted molar refractivity (Wildman–Crippen MR) is 15.2 cm³/mol. The quantitative estimate of drug-likeness (QED) is 0.484. The molecule has 4 heavy (non-hydrogen) atoms. The Balaban J connectivity index is -0.00000000500. The third-order valence-electron chi connectivity index (χ3n) is 0. The Kier molecular flexibility index (Phi) is 189. The molecule has 0 rings (SSSR count). The zero-order valence-corrected chi connectivity index (χ0v) is 4.70. The molecule has 0 aromatic heterocycles. The van der Waals surface area contributed by atoms with E-state index < -0.39 is 0 Å². The fraction of sp³-hybridized carbons (Fsp3) is 0. The van der Waals surface area contributed by atoms with E-state index in [9.17, 15) is 0 Å². The number of rotatable bonds is 0. The second kappa shape index (κ2) is 37.5. The first kappa shape index (κ1) is 20.2. The van der Waals surface area contributed by atoms with Crippen LogP contribution in [0.2, 0.25) is 0 Å². The zero-order valence-electron chi connectivity index (χ0n) is 1.67. The van der Waals surface area contributed by atoms with Gasteiger partial charge in [-0.2, -0.15) is 0 Å². The van der Waals surface area contributed by atoms with Crippen LogP contribution in [0.5, 0.6) is 0 Å². The normalized spacial score (nSPS) is 0.750. The van der Waals surface area contributed by atoms with Crippen LogP contribution in [0.3, 0.4) is 0 Å². The zero-order chi connectivity index (χ0) is 2.00. The van der Waals surface area contributed by atoms with Crippen molar-refractivity contribution in [3.63, 3.8) is 0 Å². The van der Waals surface area contributed by atoms with Crippen molar-refractivity contribution in [2.45, 2.75) is 0 Å². The standard InChI is InChI=1S/2ClH.O.V/h2*1H;;. The molecule has 0 aromatic carbocycles. The minimum atomic E-state index is 0. The summed E-state index contributed by atoms with van der Waals surface area (Å²) in [5, 5.41) is 0. The van der Waals surface area contributed by atoms with Gasteiger partial charge in [0.15, 0.2) is 0 Å². The molecule has 0 saturated carbocycles. The van der Waals surface area contributed by atoms with Crippen LogP contribution in [-0.2, 0) is 21.0 Å². The Hall–Kier alpha value is 0.964. The van der Waals surface area contributed by atoms with Crippen LogP contribution in [0.25, 0.3) is 0 Å². The fourth-order valence-electron chi connectivity index (χ4n) is 0. The van der Waals surface area contributed by atoms with Crippen molar-refractivity contribution in [2.24, 2.45) is 0 Å². The summed E-state index contributed by atoms with van der Waals surface area (Å²) in [6.45, 7) is 0. The second-order valence-corrected chi connectivity index (χ2v) is 0. The molecule has 0 heterocycles. The van der Waals surface area contributed by atoms with E-state index in [1.807, 2.05) is 0 Å². The van der Waals surface area contributed by atoms with Gasteiger partial charge < -0.3 is 0 Å². The average molecular weight is 140 g/mol. The number of hydrogen-bond donors (Lipinski definition) is 0. The Morgan fingerprint density at radius 3 is 1.00 bits per heavy atom. The van der Waals surface area contributed by atoms with Crippen LogP contribution in [0.4, 0.5) is 0 Å². The third kappa shape index (κ3) is 12.3. The van der Waals surface area contributed by atoms with E-state index in [-0.39, 0.29) is 24.8 Å². The molecule has 0 spiro atoms. The van der Waals surface area contributed by atoms with Crippen molar-refractivity contribution in [1.29, 1.82) is 0 Å². The first-order valence-electron chi connectivity index (χ1n) is 0.183. The van der Waals surface area contributed by atoms with Gasteiger partial charge in [-0.05, 0) is 0 Å². The second-order valence-electron chi connectivity index (χ2n) is 0. The molecule has 0 atom stereocenters. The Labute approximate surface area is 46.2 Å². The molecule has 0 amide bonds. The molecule has 0 radical (unpaired) electrons. The molecule has 0 aromatic rings. The van der Waals surface area contributed by atoms with E-state index in [1.165, 1.54) is 0 Å². The molecular weight excluding hydrogens is 138 g/mol. The van der Waals surface area contributed by atoms with Gasteiger partial charge in [-0.1, -0.05) is 0 Å². The number of halogens is 2. The molecule has 4 heteroatoms. The third-order valence-corrected chi connectivity index (χ3v) is 0. The van der Waals surface area contributed by atoms with Gasteiger partial charge >= 0.3 is 21.0 Å². The van der Waals surface area contributed by atoms with Gasteiger partial charge in [0.1, 0.15) is 0 Å². The van der Waals surface area contributed by atoms with Gasteiger partial charge in [-0.15, -0.1) is 24.8 Å². The molecule has 0 aliphatic heterocycles. The maximum absolute atomic E-state index is 8.19. The topological polar surface area (TPSA) is 17.1 Å². The van der Waals surface area contributed by atoms with Gasteiger partial charge in [0.25, 0.3) is 0 Å². The molecule has 0 unspecified atom stereocenters. The average Bonchev–Trinajstić information content (AvgIpc) is 1.00. The van der Waals surface area contributed by atoms with Crippen LogP contribution in [0.15, 0.2) is 0 Å². The molecule has 27 valence electrons. The van der Waals surface area contributed by atoms with Gasteiger partial charge in [-0.25, -0.2) is 0 Å². The van der Waals surface area contributed by atoms with Crippen molar-refractivity contribution >= 4 is 24.8 Å². The van der Waals surface area contributed by atoms with E-state index in [1.54, 1.807) is 0 Å². The minimum absolute atomic E-state index is 0. The van der Waals surface area contributed by atoms with Crippen LogP contribution < -0.4 is 0 Å². The van der Waals surface area contributed by atoms with Crippen LogP contribution in [0, 0.1) is 0 Å². The van der Waals surface area contributed by atoms with Crippen LogP contribution in [0.1, 0.15) is 0 Å². The van der Waals surface area contributed by atoms with E-state index in [0.29, 0.717) is 0 Å². The van der Waals surface area contributed by atoms with E-state index in [0.717, 1.165) is 17.4 Å². The summed E-state index contributed by atoms with van der Waals surface area (Å²) in [7, 11) is 0. The molecule has 0 bridgehead atoms. The molecule has 0 aliphatic rings. The summed E-state index contributed by atoms with van der Waals surface area (Å²) in [5.74, 6) is 0. The van der Waals surface area contributed by atoms with Crippen LogP contribution >= 0.6 is 24.8 Å². The van der Waals surface area contributed by atoms with Crippen molar-refractivity contribution in [3.05, 3.63) is 0 Å². The SMILES string of the molecule is Cl.Cl.[O]=[V]. The molecule has 0 N–H and O–H groups in total. The first-order valence-corrected chi connectivity index (χ1v) is 0.753. The van der Waals surface area contributed by atoms with Crippen molar-refractivity contribution < 1.29 is 21.0 Å². The molecule has 0 fully saturated rings. The summed E-state index contributed by atoms with van der Waals surface area (Å²) >= 11 is 1.06. The Morgan fingerprint density at radius 2 is 1.00 bits per heavy atom. The first-order chi connectivity index (χ1) is 1.00. The molecule has 1 nitrogen and oxygen atoms in total. The van der Waals surface area contributed by atoms with Crippen molar-refractivity contribution in [1.82, 2.24) is 0 Å². The van der Waals surface area contributed by atoms with Crippen molar-refractivity contribution in [3.8, 4) is 0 Å². The van der Waals surface area contributed by atoms with Gasteiger partial charge in [0, 0.05) is 0 Å². The maximum atomic E-state index is 8.19. The summed E-state index contributed by atoms with van der Waals surface area (Å²) in [6.07, 6.45) is 0. The van der Waals surface area contributed by atoms with Crippen molar-refractivity contribution in [2.75, 3.05) is 0 Å². The van der Waals surface area contributed by atoms with Gasteiger partial charge in [0.2, 0.25) is 0 Å². The summed E-state index contributed by atoms with van der Waals surface area (Å²) in [4.78, 5) is 0.